The van der Waals surface area contributed by atoms with Gasteiger partial charge >= 0.3 is 5.97 Å². The molecule has 226 valence electrons. The van der Waals surface area contributed by atoms with Crippen LogP contribution in [0.25, 0.3) is 0 Å². The standard InChI is InChI=1S/C31H28N4O7S2/c36-26(23-7-4-8-25(17-23)35(40)41)20-42-30(39)22-9-11-24(12-10-22)34-28(37)18-27(29(34)38)44-31(43)33-15-13-32(14-16-33)19-21-5-2-1-3-6-21/h1-12,17,27H,13-16,18-20H2/t27-/m1/s1. The SMILES string of the molecule is O=C(COC(=O)c1ccc(N2C(=O)C[C@@H](SC(=S)N3CCN(Cc4ccccc4)CC3)C2=O)cc1)c1cccc([N+](=O)[O-])c1. The Morgan fingerprint density at radius 2 is 1.64 bits per heavy atom. The third-order valence-electron chi connectivity index (χ3n) is 7.30. The molecule has 2 fully saturated rings. The van der Waals surface area contributed by atoms with Crippen molar-refractivity contribution < 1.29 is 28.8 Å². The maximum absolute atomic E-state index is 13.2. The van der Waals surface area contributed by atoms with E-state index in [1.807, 2.05) is 18.2 Å². The van der Waals surface area contributed by atoms with Crippen LogP contribution in [0.5, 0.6) is 0 Å². The highest BCUT2D eigenvalue weighted by atomic mass is 32.2. The van der Waals surface area contributed by atoms with Crippen LogP contribution < -0.4 is 4.90 Å². The Morgan fingerprint density at radius 1 is 0.932 bits per heavy atom. The van der Waals surface area contributed by atoms with Gasteiger partial charge in [-0.05, 0) is 29.8 Å². The van der Waals surface area contributed by atoms with Crippen LogP contribution in [0.2, 0.25) is 0 Å². The third-order valence-corrected chi connectivity index (χ3v) is 8.96. The van der Waals surface area contributed by atoms with Crippen molar-refractivity contribution in [2.75, 3.05) is 37.7 Å². The van der Waals surface area contributed by atoms with Crippen molar-refractivity contribution in [3.05, 3.63) is 106 Å². The number of thioether (sulfide) groups is 1. The zero-order valence-corrected chi connectivity index (χ0v) is 25.1. The van der Waals surface area contributed by atoms with Crippen LogP contribution in [-0.2, 0) is 20.9 Å². The number of anilines is 1. The highest BCUT2D eigenvalue weighted by Gasteiger charge is 2.41. The number of rotatable bonds is 9. The lowest BCUT2D eigenvalue weighted by Crippen LogP contribution is -2.47. The van der Waals surface area contributed by atoms with Crippen LogP contribution in [0.3, 0.4) is 0 Å². The predicted molar refractivity (Wildman–Crippen MR) is 169 cm³/mol. The molecule has 0 radical (unpaired) electrons. The first-order chi connectivity index (χ1) is 21.2. The van der Waals surface area contributed by atoms with Gasteiger partial charge in [-0.1, -0.05) is 66.4 Å². The van der Waals surface area contributed by atoms with Crippen molar-refractivity contribution in [1.82, 2.24) is 9.80 Å². The molecule has 0 unspecified atom stereocenters. The number of nitrogens with zero attached hydrogens (tertiary/aromatic N) is 4. The number of esters is 1. The van der Waals surface area contributed by atoms with E-state index in [1.165, 1.54) is 59.8 Å². The number of carbonyl (C=O) groups is 4. The summed E-state index contributed by atoms with van der Waals surface area (Å²) in [6.07, 6.45) is 0.0150. The number of hydrogen-bond donors (Lipinski definition) is 0. The Bertz CT molecular complexity index is 1590. The Balaban J connectivity index is 1.11. The van der Waals surface area contributed by atoms with Crippen molar-refractivity contribution in [3.8, 4) is 0 Å². The Morgan fingerprint density at radius 3 is 2.32 bits per heavy atom. The average Bonchev–Trinajstić information content (AvgIpc) is 3.32. The van der Waals surface area contributed by atoms with E-state index in [4.69, 9.17) is 17.0 Å². The monoisotopic (exact) mass is 632 g/mol. The zero-order valence-electron chi connectivity index (χ0n) is 23.5. The number of thiocarbonyl (C=S) groups is 1. The highest BCUT2D eigenvalue weighted by Crippen LogP contribution is 2.32. The van der Waals surface area contributed by atoms with E-state index < -0.39 is 28.5 Å². The van der Waals surface area contributed by atoms with E-state index in [0.29, 0.717) is 10.0 Å². The van der Waals surface area contributed by atoms with Gasteiger partial charge in [0.1, 0.15) is 9.57 Å². The summed E-state index contributed by atoms with van der Waals surface area (Å²) in [5.74, 6) is -2.12. The van der Waals surface area contributed by atoms with E-state index in [2.05, 4.69) is 21.9 Å². The lowest BCUT2D eigenvalue weighted by molar-refractivity contribution is -0.384. The second-order valence-electron chi connectivity index (χ2n) is 10.2. The molecule has 5 rings (SSSR count). The minimum Gasteiger partial charge on any atom is -0.454 e. The Kier molecular flexibility index (Phi) is 9.78. The number of imide groups is 1. The number of piperazine rings is 1. The molecule has 3 aromatic carbocycles. The van der Waals surface area contributed by atoms with Gasteiger partial charge in [-0.3, -0.25) is 29.4 Å². The molecule has 44 heavy (non-hydrogen) atoms. The molecular weight excluding hydrogens is 604 g/mol. The minimum atomic E-state index is -0.794. The molecule has 11 nitrogen and oxygen atoms in total. The lowest BCUT2D eigenvalue weighted by atomic mass is 10.1. The van der Waals surface area contributed by atoms with Crippen LogP contribution >= 0.6 is 24.0 Å². The van der Waals surface area contributed by atoms with Crippen LogP contribution in [0, 0.1) is 10.1 Å². The number of carbonyl (C=O) groups excluding carboxylic acids is 4. The van der Waals surface area contributed by atoms with Gasteiger partial charge < -0.3 is 9.64 Å². The molecule has 2 amide bonds. The fraction of sp³-hybridized carbons (Fsp3) is 0.258. The average molecular weight is 633 g/mol. The van der Waals surface area contributed by atoms with Crippen LogP contribution in [-0.4, -0.2) is 80.6 Å². The summed E-state index contributed by atoms with van der Waals surface area (Å²) in [6.45, 7) is 3.44. The van der Waals surface area contributed by atoms with Gasteiger partial charge in [-0.15, -0.1) is 0 Å². The Hall–Kier alpha value is -4.46. The summed E-state index contributed by atoms with van der Waals surface area (Å²) in [6, 6.07) is 21.1. The van der Waals surface area contributed by atoms with Gasteiger partial charge in [0, 0.05) is 56.8 Å². The fourth-order valence-corrected chi connectivity index (χ4v) is 6.47. The summed E-state index contributed by atoms with van der Waals surface area (Å²) in [4.78, 5) is 66.7. The first-order valence-corrected chi connectivity index (χ1v) is 15.1. The van der Waals surface area contributed by atoms with Crippen molar-refractivity contribution in [3.63, 3.8) is 0 Å². The summed E-state index contributed by atoms with van der Waals surface area (Å²) in [5, 5.41) is 10.3. The van der Waals surface area contributed by atoms with E-state index in [9.17, 15) is 29.3 Å². The maximum Gasteiger partial charge on any atom is 0.338 e. The molecule has 0 aliphatic carbocycles. The molecule has 2 aliphatic rings. The second-order valence-corrected chi connectivity index (χ2v) is 12.1. The first-order valence-electron chi connectivity index (χ1n) is 13.8. The van der Waals surface area contributed by atoms with Crippen molar-refractivity contribution >= 4 is 63.2 Å². The molecule has 2 aliphatic heterocycles. The molecule has 2 saturated heterocycles. The van der Waals surface area contributed by atoms with Gasteiger partial charge in [0.15, 0.2) is 6.61 Å². The number of ketones is 1. The molecule has 0 N–H and O–H groups in total. The van der Waals surface area contributed by atoms with E-state index in [0.717, 1.165) is 43.7 Å². The summed E-state index contributed by atoms with van der Waals surface area (Å²) < 4.78 is 5.67. The molecular formula is C31H28N4O7S2. The fourth-order valence-electron chi connectivity index (χ4n) is 4.93. The number of benzene rings is 3. The topological polar surface area (TPSA) is 130 Å². The summed E-state index contributed by atoms with van der Waals surface area (Å²) in [5.41, 5.74) is 1.48. The van der Waals surface area contributed by atoms with Crippen LogP contribution in [0.4, 0.5) is 11.4 Å². The predicted octanol–water partition coefficient (Wildman–Crippen LogP) is 4.10. The minimum absolute atomic E-state index is 0.0150. The second kappa shape index (κ2) is 13.9. The summed E-state index contributed by atoms with van der Waals surface area (Å²) in [7, 11) is 0. The van der Waals surface area contributed by atoms with Gasteiger partial charge in [0.05, 0.1) is 16.2 Å². The first kappa shape index (κ1) is 31.0. The number of ether oxygens (including phenoxy) is 1. The summed E-state index contributed by atoms with van der Waals surface area (Å²) >= 11 is 6.88. The van der Waals surface area contributed by atoms with Gasteiger partial charge in [0.2, 0.25) is 17.6 Å². The quantitative estimate of drug-likeness (QED) is 0.0844. The number of nitro benzene ring substituents is 1. The van der Waals surface area contributed by atoms with E-state index >= 15 is 0 Å². The number of Topliss-reactive ketones (excluding diaryl/α,β-unsaturated/α-hetero) is 1. The van der Waals surface area contributed by atoms with Gasteiger partial charge in [-0.25, -0.2) is 9.69 Å². The van der Waals surface area contributed by atoms with Crippen molar-refractivity contribution in [2.24, 2.45) is 0 Å². The van der Waals surface area contributed by atoms with Gasteiger partial charge in [0.25, 0.3) is 5.69 Å². The van der Waals surface area contributed by atoms with Crippen LogP contribution in [0.15, 0.2) is 78.9 Å². The number of hydrogen-bond acceptors (Lipinski definition) is 10. The largest absolute Gasteiger partial charge is 0.454 e. The number of non-ortho nitro benzene ring substituents is 1. The number of nitro groups is 1. The lowest BCUT2D eigenvalue weighted by Gasteiger charge is -2.36. The molecule has 0 aromatic heterocycles. The van der Waals surface area contributed by atoms with Crippen LogP contribution in [0.1, 0.15) is 32.7 Å². The molecule has 0 spiro atoms. The zero-order chi connectivity index (χ0) is 31.2. The Labute approximate surface area is 262 Å². The van der Waals surface area contributed by atoms with Crippen molar-refractivity contribution in [2.45, 2.75) is 18.2 Å². The van der Waals surface area contributed by atoms with Crippen molar-refractivity contribution in [1.29, 1.82) is 0 Å². The normalized spacial score (nSPS) is 17.0. The smallest absolute Gasteiger partial charge is 0.338 e. The molecule has 3 aromatic rings. The highest BCUT2D eigenvalue weighted by molar-refractivity contribution is 8.23. The molecule has 0 bridgehead atoms. The molecule has 0 saturated carbocycles. The van der Waals surface area contributed by atoms with Gasteiger partial charge in [-0.2, -0.15) is 0 Å². The third kappa shape index (κ3) is 7.36. The number of amides is 2. The van der Waals surface area contributed by atoms with E-state index in [1.54, 1.807) is 0 Å². The maximum atomic E-state index is 13.2. The molecule has 2 heterocycles. The molecule has 13 heteroatoms. The van der Waals surface area contributed by atoms with E-state index in [-0.39, 0.29) is 35.0 Å². The molecule has 1 atom stereocenters.